The molecule has 39 heavy (non-hydrogen) atoms. The van der Waals surface area contributed by atoms with E-state index in [4.69, 9.17) is 0 Å². The van der Waals surface area contributed by atoms with Crippen LogP contribution in [0.15, 0.2) is 104 Å². The molecule has 6 aromatic heterocycles. The van der Waals surface area contributed by atoms with Gasteiger partial charge in [-0.2, -0.15) is 5.10 Å². The number of amides is 1. The molecule has 3 N–H and O–H groups in total. The molecule has 0 atom stereocenters. The summed E-state index contributed by atoms with van der Waals surface area (Å²) in [5, 5.41) is 12.5. The number of nitrogens with one attached hydrogen (secondary N) is 3. The molecule has 0 aliphatic carbocycles. The molecule has 0 aliphatic heterocycles. The Morgan fingerprint density at radius 1 is 0.718 bits per heavy atom. The molecule has 0 spiro atoms. The maximum atomic E-state index is 12.6. The van der Waals surface area contributed by atoms with Crippen LogP contribution in [-0.2, 0) is 0 Å². The van der Waals surface area contributed by atoms with Crippen molar-refractivity contribution < 1.29 is 4.79 Å². The number of anilines is 1. The van der Waals surface area contributed by atoms with Gasteiger partial charge in [-0.25, -0.2) is 0 Å². The van der Waals surface area contributed by atoms with Crippen molar-refractivity contribution in [2.75, 3.05) is 5.32 Å². The van der Waals surface area contributed by atoms with Gasteiger partial charge < -0.3 is 10.3 Å². The molecule has 0 bridgehead atoms. The number of nitrogens with zero attached hydrogens (tertiary/aromatic N) is 5. The Bertz CT molecular complexity index is 1960. The fraction of sp³-hybridized carbons (Fsp3) is 0. The maximum absolute atomic E-state index is 12.6. The molecule has 9 heteroatoms. The second-order valence-corrected chi connectivity index (χ2v) is 9.02. The zero-order valence-corrected chi connectivity index (χ0v) is 20.5. The molecule has 0 unspecified atom stereocenters. The van der Waals surface area contributed by atoms with Gasteiger partial charge in [0, 0.05) is 57.8 Å². The topological polar surface area (TPSA) is 125 Å². The third-order valence-corrected chi connectivity index (χ3v) is 6.51. The van der Waals surface area contributed by atoms with Gasteiger partial charge >= 0.3 is 0 Å². The lowest BCUT2D eigenvalue weighted by Crippen LogP contribution is -2.11. The summed E-state index contributed by atoms with van der Waals surface area (Å²) in [5.41, 5.74) is 7.82. The van der Waals surface area contributed by atoms with Crippen molar-refractivity contribution >= 4 is 33.4 Å². The summed E-state index contributed by atoms with van der Waals surface area (Å²) in [6, 6.07) is 20.8. The van der Waals surface area contributed by atoms with E-state index < -0.39 is 0 Å². The van der Waals surface area contributed by atoms with E-state index in [0.29, 0.717) is 16.9 Å². The van der Waals surface area contributed by atoms with Gasteiger partial charge in [-0.3, -0.25) is 29.8 Å². The fourth-order valence-electron chi connectivity index (χ4n) is 4.64. The molecular formula is C30H20N8O. The zero-order chi connectivity index (χ0) is 26.2. The Hall–Kier alpha value is -5.70. The number of H-pyrrole nitrogens is 2. The third kappa shape index (κ3) is 4.17. The van der Waals surface area contributed by atoms with E-state index in [1.165, 1.54) is 0 Å². The number of carbonyl (C=O) groups is 1. The number of fused-ring (bicyclic) bond motifs is 2. The van der Waals surface area contributed by atoms with Crippen molar-refractivity contribution in [2.45, 2.75) is 0 Å². The molecule has 7 rings (SSSR count). The van der Waals surface area contributed by atoms with Crippen LogP contribution < -0.4 is 5.32 Å². The number of carbonyl (C=O) groups excluding carboxylic acids is 1. The second kappa shape index (κ2) is 9.31. The Balaban J connectivity index is 1.25. The third-order valence-electron chi connectivity index (χ3n) is 6.51. The summed E-state index contributed by atoms with van der Waals surface area (Å²) in [6.07, 6.45) is 10.4. The summed E-state index contributed by atoms with van der Waals surface area (Å²) in [5.74, 6) is -0.200. The molecule has 6 heterocycles. The zero-order valence-electron chi connectivity index (χ0n) is 20.5. The lowest BCUT2D eigenvalue weighted by Gasteiger charge is -2.07. The van der Waals surface area contributed by atoms with Crippen molar-refractivity contribution in [3.63, 3.8) is 0 Å². The summed E-state index contributed by atoms with van der Waals surface area (Å²) in [4.78, 5) is 33.9. The molecule has 186 valence electrons. The molecule has 0 saturated heterocycles. The normalized spacial score (nSPS) is 11.2. The summed E-state index contributed by atoms with van der Waals surface area (Å²) in [7, 11) is 0. The number of hydrogen-bond donors (Lipinski definition) is 3. The Labute approximate surface area is 222 Å². The lowest BCUT2D eigenvalue weighted by molar-refractivity contribution is 0.102. The standard InChI is InChI=1S/C30H20N8O/c39-30(18-5-2-1-3-6-18)35-21-11-20(15-32-16-21)25-12-23-27(17-34-25)37-38-29(23)26-13-22-24(36-26)8-10-33-28(22)19-7-4-9-31-14-19/h1-17,36H,(H,35,39)(H,37,38). The molecule has 1 amide bonds. The van der Waals surface area contributed by atoms with Crippen LogP contribution in [0.5, 0.6) is 0 Å². The lowest BCUT2D eigenvalue weighted by atomic mass is 10.1. The smallest absolute Gasteiger partial charge is 0.255 e. The van der Waals surface area contributed by atoms with Crippen molar-refractivity contribution in [2.24, 2.45) is 0 Å². The molecule has 7 aromatic rings. The Morgan fingerprint density at radius 3 is 2.46 bits per heavy atom. The first-order valence-electron chi connectivity index (χ1n) is 12.3. The second-order valence-electron chi connectivity index (χ2n) is 9.02. The van der Waals surface area contributed by atoms with E-state index in [1.807, 2.05) is 48.5 Å². The monoisotopic (exact) mass is 508 g/mol. The highest BCUT2D eigenvalue weighted by atomic mass is 16.1. The first kappa shape index (κ1) is 22.5. The van der Waals surface area contributed by atoms with Crippen molar-refractivity contribution in [1.82, 2.24) is 35.1 Å². The van der Waals surface area contributed by atoms with Crippen LogP contribution in [0.3, 0.4) is 0 Å². The van der Waals surface area contributed by atoms with E-state index in [0.717, 1.165) is 50.0 Å². The largest absolute Gasteiger partial charge is 0.353 e. The average molecular weight is 509 g/mol. The minimum atomic E-state index is -0.200. The van der Waals surface area contributed by atoms with E-state index in [-0.39, 0.29) is 5.91 Å². The minimum absolute atomic E-state index is 0.200. The molecule has 1 aromatic carbocycles. The van der Waals surface area contributed by atoms with Crippen LogP contribution in [0.2, 0.25) is 0 Å². The van der Waals surface area contributed by atoms with Crippen molar-refractivity contribution in [3.05, 3.63) is 109 Å². The van der Waals surface area contributed by atoms with E-state index in [2.05, 4.69) is 46.5 Å². The molecule has 0 fully saturated rings. The van der Waals surface area contributed by atoms with Gasteiger partial charge in [-0.15, -0.1) is 0 Å². The van der Waals surface area contributed by atoms with Gasteiger partial charge in [0.05, 0.1) is 40.7 Å². The van der Waals surface area contributed by atoms with Gasteiger partial charge in [0.1, 0.15) is 5.69 Å². The van der Waals surface area contributed by atoms with Crippen LogP contribution in [0, 0.1) is 0 Å². The molecule has 0 aliphatic rings. The number of rotatable bonds is 5. The average Bonchev–Trinajstić information content (AvgIpc) is 3.62. The number of aromatic nitrogens is 7. The number of aromatic amines is 2. The van der Waals surface area contributed by atoms with Crippen LogP contribution in [0.1, 0.15) is 10.4 Å². The van der Waals surface area contributed by atoms with Crippen LogP contribution in [0.4, 0.5) is 5.69 Å². The van der Waals surface area contributed by atoms with Crippen LogP contribution in [-0.4, -0.2) is 41.0 Å². The minimum Gasteiger partial charge on any atom is -0.353 e. The summed E-state index contributed by atoms with van der Waals surface area (Å²) < 4.78 is 0. The highest BCUT2D eigenvalue weighted by molar-refractivity contribution is 6.04. The fourth-order valence-corrected chi connectivity index (χ4v) is 4.64. The summed E-state index contributed by atoms with van der Waals surface area (Å²) >= 11 is 0. The predicted octanol–water partition coefficient (Wildman–Crippen LogP) is 5.88. The van der Waals surface area contributed by atoms with Gasteiger partial charge in [-0.1, -0.05) is 18.2 Å². The van der Waals surface area contributed by atoms with Crippen molar-refractivity contribution in [1.29, 1.82) is 0 Å². The SMILES string of the molecule is O=C(Nc1cncc(-c2cc3c(-c4cc5c(-c6cccnc6)nccc5[nH]4)n[nH]c3cn2)c1)c1ccccc1. The van der Waals surface area contributed by atoms with E-state index in [9.17, 15) is 4.79 Å². The first-order valence-corrected chi connectivity index (χ1v) is 12.3. The highest BCUT2D eigenvalue weighted by Gasteiger charge is 2.16. The molecule has 0 saturated carbocycles. The van der Waals surface area contributed by atoms with Gasteiger partial charge in [0.2, 0.25) is 0 Å². The van der Waals surface area contributed by atoms with Gasteiger partial charge in [0.25, 0.3) is 5.91 Å². The number of benzene rings is 1. The predicted molar refractivity (Wildman–Crippen MR) is 150 cm³/mol. The van der Waals surface area contributed by atoms with E-state index in [1.54, 1.807) is 49.3 Å². The molecule has 0 radical (unpaired) electrons. The quantitative estimate of drug-likeness (QED) is 0.267. The Morgan fingerprint density at radius 2 is 1.59 bits per heavy atom. The van der Waals surface area contributed by atoms with Crippen LogP contribution in [0.25, 0.3) is 55.7 Å². The van der Waals surface area contributed by atoms with Gasteiger partial charge in [-0.05, 0) is 48.5 Å². The van der Waals surface area contributed by atoms with Crippen LogP contribution >= 0.6 is 0 Å². The molecule has 9 nitrogen and oxygen atoms in total. The number of hydrogen-bond acceptors (Lipinski definition) is 6. The van der Waals surface area contributed by atoms with Gasteiger partial charge in [0.15, 0.2) is 0 Å². The highest BCUT2D eigenvalue weighted by Crippen LogP contribution is 2.33. The number of pyridine rings is 4. The first-order chi connectivity index (χ1) is 19.2. The molecular weight excluding hydrogens is 488 g/mol. The van der Waals surface area contributed by atoms with E-state index >= 15 is 0 Å². The van der Waals surface area contributed by atoms with Crippen molar-refractivity contribution in [3.8, 4) is 33.9 Å². The Kier molecular flexibility index (Phi) is 5.37. The maximum Gasteiger partial charge on any atom is 0.255 e. The summed E-state index contributed by atoms with van der Waals surface area (Å²) in [6.45, 7) is 0.